The molecule has 0 amide bonds. The minimum Gasteiger partial charge on any atom is -0.422 e. The molecular formula is C18H23NO3. The van der Waals surface area contributed by atoms with Crippen molar-refractivity contribution >= 4 is 16.7 Å². The zero-order chi connectivity index (χ0) is 15.5. The molecule has 4 nitrogen and oxygen atoms in total. The van der Waals surface area contributed by atoms with Gasteiger partial charge in [-0.2, -0.15) is 0 Å². The quantitative estimate of drug-likeness (QED) is 0.862. The first-order chi connectivity index (χ1) is 10.8. The van der Waals surface area contributed by atoms with Gasteiger partial charge in [0.2, 0.25) is 0 Å². The zero-order valence-corrected chi connectivity index (χ0v) is 13.0. The minimum absolute atomic E-state index is 0.102. The van der Waals surface area contributed by atoms with Crippen LogP contribution < -0.4 is 10.5 Å². The molecule has 118 valence electrons. The van der Waals surface area contributed by atoms with E-state index in [2.05, 4.69) is 11.8 Å². The normalized spacial score (nSPS) is 18.3. The summed E-state index contributed by atoms with van der Waals surface area (Å²) >= 11 is 0. The van der Waals surface area contributed by atoms with E-state index in [0.717, 1.165) is 55.3 Å². The third kappa shape index (κ3) is 2.63. The fourth-order valence-electron chi connectivity index (χ4n) is 3.39. The Morgan fingerprint density at radius 1 is 1.36 bits per heavy atom. The predicted molar refractivity (Wildman–Crippen MR) is 88.5 cm³/mol. The lowest BCUT2D eigenvalue weighted by Crippen LogP contribution is -2.34. The smallest absolute Gasteiger partial charge is 0.341 e. The van der Waals surface area contributed by atoms with Crippen molar-refractivity contribution < 1.29 is 9.52 Å². The maximum absolute atomic E-state index is 12.5. The second-order valence-corrected chi connectivity index (χ2v) is 5.99. The Kier molecular flexibility index (Phi) is 4.48. The lowest BCUT2D eigenvalue weighted by atomic mass is 10.0. The van der Waals surface area contributed by atoms with Crippen molar-refractivity contribution in [3.63, 3.8) is 0 Å². The van der Waals surface area contributed by atoms with Crippen molar-refractivity contribution in [2.75, 3.05) is 18.1 Å². The molecule has 1 saturated heterocycles. The molecule has 4 heteroatoms. The van der Waals surface area contributed by atoms with Gasteiger partial charge in [-0.25, -0.2) is 4.79 Å². The Balaban J connectivity index is 2.20. The number of anilines is 1. The number of benzene rings is 1. The van der Waals surface area contributed by atoms with Gasteiger partial charge in [0, 0.05) is 11.9 Å². The summed E-state index contributed by atoms with van der Waals surface area (Å²) < 4.78 is 5.51. The molecule has 1 aromatic heterocycles. The van der Waals surface area contributed by atoms with Crippen molar-refractivity contribution in [2.24, 2.45) is 0 Å². The molecule has 1 unspecified atom stereocenters. The van der Waals surface area contributed by atoms with E-state index in [0.29, 0.717) is 5.58 Å². The van der Waals surface area contributed by atoms with Crippen LogP contribution in [0.4, 0.5) is 5.69 Å². The van der Waals surface area contributed by atoms with Crippen LogP contribution in [0.1, 0.15) is 38.2 Å². The predicted octanol–water partition coefficient (Wildman–Crippen LogP) is 3.10. The van der Waals surface area contributed by atoms with Crippen molar-refractivity contribution in [3.8, 4) is 0 Å². The largest absolute Gasteiger partial charge is 0.422 e. The molecule has 1 aromatic carbocycles. The van der Waals surface area contributed by atoms with E-state index in [-0.39, 0.29) is 18.3 Å². The molecule has 1 aliphatic rings. The average molecular weight is 301 g/mol. The third-order valence-electron chi connectivity index (χ3n) is 4.53. The Morgan fingerprint density at radius 3 is 2.95 bits per heavy atom. The highest BCUT2D eigenvalue weighted by Gasteiger charge is 2.28. The summed E-state index contributed by atoms with van der Waals surface area (Å²) in [4.78, 5) is 14.7. The molecule has 2 heterocycles. The van der Waals surface area contributed by atoms with Crippen LogP contribution in [0.5, 0.6) is 0 Å². The van der Waals surface area contributed by atoms with Gasteiger partial charge in [-0.15, -0.1) is 0 Å². The van der Waals surface area contributed by atoms with Crippen molar-refractivity contribution in [1.82, 2.24) is 0 Å². The van der Waals surface area contributed by atoms with Gasteiger partial charge in [0.1, 0.15) is 5.58 Å². The molecule has 0 saturated carbocycles. The van der Waals surface area contributed by atoms with Crippen LogP contribution in [-0.2, 0) is 6.42 Å². The average Bonchev–Trinajstić information content (AvgIpc) is 3.00. The topological polar surface area (TPSA) is 53.7 Å². The molecule has 0 aliphatic carbocycles. The van der Waals surface area contributed by atoms with Crippen molar-refractivity contribution in [2.45, 2.75) is 45.1 Å². The van der Waals surface area contributed by atoms with Gasteiger partial charge >= 0.3 is 5.63 Å². The van der Waals surface area contributed by atoms with Gasteiger partial charge in [0.05, 0.1) is 23.9 Å². The fourth-order valence-corrected chi connectivity index (χ4v) is 3.39. The van der Waals surface area contributed by atoms with Gasteiger partial charge in [-0.3, -0.25) is 0 Å². The summed E-state index contributed by atoms with van der Waals surface area (Å²) in [5, 5.41) is 10.6. The second kappa shape index (κ2) is 6.53. The van der Waals surface area contributed by atoms with Crippen LogP contribution in [0.25, 0.3) is 11.0 Å². The monoisotopic (exact) mass is 301 g/mol. The van der Waals surface area contributed by atoms with E-state index in [1.807, 2.05) is 24.3 Å². The Bertz CT molecular complexity index is 707. The van der Waals surface area contributed by atoms with Gasteiger partial charge in [-0.05, 0) is 37.8 Å². The second-order valence-electron chi connectivity index (χ2n) is 5.99. The summed E-state index contributed by atoms with van der Waals surface area (Å²) in [6, 6.07) is 7.81. The number of unbranched alkanes of at least 4 members (excludes halogenated alkanes) is 1. The Morgan fingerprint density at radius 2 is 2.18 bits per heavy atom. The molecule has 0 bridgehead atoms. The fraction of sp³-hybridized carbons (Fsp3) is 0.500. The third-order valence-corrected chi connectivity index (χ3v) is 4.53. The number of nitrogens with zero attached hydrogens (tertiary/aromatic N) is 1. The molecule has 22 heavy (non-hydrogen) atoms. The maximum atomic E-state index is 12.5. The lowest BCUT2D eigenvalue weighted by Gasteiger charge is -2.28. The highest BCUT2D eigenvalue weighted by Crippen LogP contribution is 2.34. The summed E-state index contributed by atoms with van der Waals surface area (Å²) in [5.41, 5.74) is 2.15. The number of hydrogen-bond donors (Lipinski definition) is 1. The van der Waals surface area contributed by atoms with E-state index >= 15 is 0 Å². The standard InChI is InChI=1S/C18H23NO3/c1-2-3-8-15-17(19-11-6-7-13(19)12-20)14-9-4-5-10-16(14)22-18(15)21/h4-5,9-10,13,20H,2-3,6-8,11-12H2,1H3. The van der Waals surface area contributed by atoms with Crippen LogP contribution in [-0.4, -0.2) is 24.3 Å². The van der Waals surface area contributed by atoms with E-state index in [1.165, 1.54) is 0 Å². The maximum Gasteiger partial charge on any atom is 0.341 e. The molecule has 1 N–H and O–H groups in total. The van der Waals surface area contributed by atoms with Crippen LogP contribution in [0, 0.1) is 0 Å². The highest BCUT2D eigenvalue weighted by molar-refractivity contribution is 5.92. The van der Waals surface area contributed by atoms with E-state index in [1.54, 1.807) is 0 Å². The molecule has 1 aliphatic heterocycles. The van der Waals surface area contributed by atoms with Crippen LogP contribution in [0.2, 0.25) is 0 Å². The summed E-state index contributed by atoms with van der Waals surface area (Å²) in [5.74, 6) is 0. The van der Waals surface area contributed by atoms with Crippen LogP contribution in [0.3, 0.4) is 0 Å². The van der Waals surface area contributed by atoms with Crippen LogP contribution >= 0.6 is 0 Å². The minimum atomic E-state index is -0.231. The van der Waals surface area contributed by atoms with Crippen LogP contribution in [0.15, 0.2) is 33.5 Å². The summed E-state index contributed by atoms with van der Waals surface area (Å²) in [6.07, 6.45) is 4.75. The van der Waals surface area contributed by atoms with Gasteiger partial charge in [0.25, 0.3) is 0 Å². The van der Waals surface area contributed by atoms with E-state index in [9.17, 15) is 9.90 Å². The lowest BCUT2D eigenvalue weighted by molar-refractivity contribution is 0.266. The SMILES string of the molecule is CCCCc1c(N2CCCC2CO)c2ccccc2oc1=O. The molecule has 1 fully saturated rings. The zero-order valence-electron chi connectivity index (χ0n) is 13.0. The number of aliphatic hydroxyl groups is 1. The number of para-hydroxylation sites is 1. The van der Waals surface area contributed by atoms with E-state index in [4.69, 9.17) is 4.42 Å². The molecule has 3 rings (SSSR count). The first-order valence-electron chi connectivity index (χ1n) is 8.18. The number of rotatable bonds is 5. The highest BCUT2D eigenvalue weighted by atomic mass is 16.4. The van der Waals surface area contributed by atoms with Gasteiger partial charge in [-0.1, -0.05) is 25.5 Å². The molecule has 0 radical (unpaired) electrons. The number of fused-ring (bicyclic) bond motifs is 1. The summed E-state index contributed by atoms with van der Waals surface area (Å²) in [6.45, 7) is 3.13. The number of aliphatic hydroxyl groups excluding tert-OH is 1. The molecule has 0 spiro atoms. The molecular weight excluding hydrogens is 278 g/mol. The van der Waals surface area contributed by atoms with Crippen molar-refractivity contribution in [1.29, 1.82) is 0 Å². The first-order valence-corrected chi connectivity index (χ1v) is 8.18. The summed E-state index contributed by atoms with van der Waals surface area (Å²) in [7, 11) is 0. The van der Waals surface area contributed by atoms with Crippen molar-refractivity contribution in [3.05, 3.63) is 40.2 Å². The van der Waals surface area contributed by atoms with Gasteiger partial charge in [0.15, 0.2) is 0 Å². The molecule has 2 aromatic rings. The molecule has 1 atom stereocenters. The van der Waals surface area contributed by atoms with E-state index < -0.39 is 0 Å². The number of hydrogen-bond acceptors (Lipinski definition) is 4. The first kappa shape index (κ1) is 15.1. The Hall–Kier alpha value is -1.81. The Labute approximate surface area is 130 Å². The van der Waals surface area contributed by atoms with Gasteiger partial charge < -0.3 is 14.4 Å².